The molecule has 4 heterocycles. The molecule has 2 aromatic rings. The molecule has 3 saturated heterocycles. The Morgan fingerprint density at radius 1 is 1.24 bits per heavy atom. The van der Waals surface area contributed by atoms with Crippen molar-refractivity contribution in [2.75, 3.05) is 49.2 Å². The van der Waals surface area contributed by atoms with Gasteiger partial charge in [-0.3, -0.25) is 4.90 Å². The molecule has 3 fully saturated rings. The van der Waals surface area contributed by atoms with Gasteiger partial charge in [-0.1, -0.05) is 10.3 Å². The molecule has 12 nitrogen and oxygen atoms in total. The van der Waals surface area contributed by atoms with Crippen molar-refractivity contribution in [3.8, 4) is 0 Å². The molecule has 3 atom stereocenters. The van der Waals surface area contributed by atoms with Crippen molar-refractivity contribution < 1.29 is 32.7 Å². The molecule has 33 heavy (non-hydrogen) atoms. The monoisotopic (exact) mass is 462 g/mol. The van der Waals surface area contributed by atoms with Crippen LogP contribution in [0.5, 0.6) is 0 Å². The Morgan fingerprint density at radius 3 is 2.67 bits per heavy atom. The molecule has 0 bridgehead atoms. The molecule has 0 aliphatic carbocycles. The highest BCUT2D eigenvalue weighted by Crippen LogP contribution is 2.42. The van der Waals surface area contributed by atoms with E-state index in [-0.39, 0.29) is 36.7 Å². The molecule has 13 heteroatoms. The minimum absolute atomic E-state index is 0.0184. The first kappa shape index (κ1) is 21.7. The van der Waals surface area contributed by atoms with E-state index >= 15 is 4.39 Å². The van der Waals surface area contributed by atoms with Gasteiger partial charge in [0.15, 0.2) is 17.9 Å². The van der Waals surface area contributed by atoms with Crippen molar-refractivity contribution in [1.29, 1.82) is 0 Å². The molecule has 0 radical (unpaired) electrons. The molecule has 0 N–H and O–H groups in total. The topological polar surface area (TPSA) is 135 Å². The van der Waals surface area contributed by atoms with E-state index in [1.54, 1.807) is 6.07 Å². The predicted octanol–water partition coefficient (Wildman–Crippen LogP) is 3.26. The maximum Gasteiger partial charge on any atom is 0.416 e. The number of carbonyl (C=O) groups excluding carboxylic acids is 1. The third kappa shape index (κ3) is 3.93. The van der Waals surface area contributed by atoms with Gasteiger partial charge in [-0.15, -0.1) is 0 Å². The lowest BCUT2D eigenvalue weighted by atomic mass is 10.0. The molecule has 0 unspecified atom stereocenters. The van der Waals surface area contributed by atoms with E-state index in [1.165, 1.54) is 4.90 Å². The minimum atomic E-state index is -0.765. The highest BCUT2D eigenvalue weighted by atomic mass is 19.1. The third-order valence-corrected chi connectivity index (χ3v) is 5.78. The SMILES string of the molecule is C[C@@H]1CN(c2c(C3OCCO3)cc3c(N4C[C@H](CN=[N+]=[N-])OC4=O)noc3c2F)C[C@@H](C)O1. The largest absolute Gasteiger partial charge is 0.444 e. The lowest BCUT2D eigenvalue weighted by Gasteiger charge is -2.38. The van der Waals surface area contributed by atoms with E-state index in [4.69, 9.17) is 29.0 Å². The average Bonchev–Trinajstić information content (AvgIpc) is 3.51. The maximum absolute atomic E-state index is 15.9. The van der Waals surface area contributed by atoms with Crippen LogP contribution in [0.25, 0.3) is 21.4 Å². The summed E-state index contributed by atoms with van der Waals surface area (Å²) >= 11 is 0. The quantitative estimate of drug-likeness (QED) is 0.375. The van der Waals surface area contributed by atoms with Gasteiger partial charge >= 0.3 is 6.09 Å². The summed E-state index contributed by atoms with van der Waals surface area (Å²) in [7, 11) is 0. The molecular weight excluding hydrogens is 439 g/mol. The first-order valence-corrected chi connectivity index (χ1v) is 10.7. The summed E-state index contributed by atoms with van der Waals surface area (Å²) < 4.78 is 43.7. The smallest absolute Gasteiger partial charge is 0.416 e. The number of rotatable bonds is 5. The summed E-state index contributed by atoms with van der Waals surface area (Å²) in [6.45, 7) is 5.66. The second-order valence-electron chi connectivity index (χ2n) is 8.28. The van der Waals surface area contributed by atoms with Crippen LogP contribution in [-0.2, 0) is 18.9 Å². The Morgan fingerprint density at radius 2 is 1.97 bits per heavy atom. The van der Waals surface area contributed by atoms with Crippen molar-refractivity contribution in [2.45, 2.75) is 38.4 Å². The fourth-order valence-corrected chi connectivity index (χ4v) is 4.55. The number of halogens is 1. The van der Waals surface area contributed by atoms with E-state index in [0.717, 1.165) is 0 Å². The molecule has 0 spiro atoms. The van der Waals surface area contributed by atoms with E-state index < -0.39 is 24.3 Å². The fraction of sp³-hybridized carbons (Fsp3) is 0.600. The Bertz CT molecular complexity index is 1100. The molecule has 1 aromatic carbocycles. The standard InChI is InChI=1S/C20H23FN6O6/c1-10-7-26(8-11(2)31-10)16-13(19-29-3-4-30-19)5-14-17(15(16)21)33-24-18(14)27-9-12(6-23-25-22)32-20(27)28/h5,10-12,19H,3-4,6-9H2,1-2H3/t10-,11-,12+/m1/s1. The van der Waals surface area contributed by atoms with Gasteiger partial charge in [-0.25, -0.2) is 9.18 Å². The zero-order valence-electron chi connectivity index (χ0n) is 18.1. The number of cyclic esters (lactones) is 1. The molecule has 1 aromatic heterocycles. The van der Waals surface area contributed by atoms with E-state index in [0.29, 0.717) is 42.9 Å². The summed E-state index contributed by atoms with van der Waals surface area (Å²) in [5.74, 6) is -0.494. The number of aromatic nitrogens is 1. The third-order valence-electron chi connectivity index (χ3n) is 5.78. The first-order chi connectivity index (χ1) is 16.0. The number of morpholine rings is 1. The van der Waals surface area contributed by atoms with Crippen LogP contribution in [-0.4, -0.2) is 69.0 Å². The summed E-state index contributed by atoms with van der Waals surface area (Å²) in [5.41, 5.74) is 9.23. The van der Waals surface area contributed by atoms with E-state index in [2.05, 4.69) is 15.2 Å². The van der Waals surface area contributed by atoms with Crippen LogP contribution in [0.2, 0.25) is 0 Å². The number of ether oxygens (including phenoxy) is 4. The van der Waals surface area contributed by atoms with Gasteiger partial charge in [0.2, 0.25) is 5.58 Å². The van der Waals surface area contributed by atoms with Crippen molar-refractivity contribution in [3.05, 3.63) is 27.9 Å². The molecule has 176 valence electrons. The van der Waals surface area contributed by atoms with Crippen LogP contribution < -0.4 is 9.80 Å². The van der Waals surface area contributed by atoms with Crippen LogP contribution in [0.3, 0.4) is 0 Å². The highest BCUT2D eigenvalue weighted by Gasteiger charge is 2.38. The number of azide groups is 1. The predicted molar refractivity (Wildman–Crippen MR) is 112 cm³/mol. The zero-order chi connectivity index (χ0) is 23.1. The highest BCUT2D eigenvalue weighted by molar-refractivity contribution is 6.00. The Kier molecular flexibility index (Phi) is 5.71. The van der Waals surface area contributed by atoms with Gasteiger partial charge in [0.25, 0.3) is 0 Å². The van der Waals surface area contributed by atoms with Gasteiger partial charge in [-0.2, -0.15) is 0 Å². The van der Waals surface area contributed by atoms with Gasteiger partial charge in [0.1, 0.15) is 6.10 Å². The van der Waals surface area contributed by atoms with Crippen molar-refractivity contribution in [1.82, 2.24) is 5.16 Å². The van der Waals surface area contributed by atoms with Crippen molar-refractivity contribution in [2.24, 2.45) is 5.11 Å². The normalized spacial score (nSPS) is 26.2. The van der Waals surface area contributed by atoms with E-state index in [9.17, 15) is 4.79 Å². The van der Waals surface area contributed by atoms with Crippen molar-refractivity contribution in [3.63, 3.8) is 0 Å². The Hall–Kier alpha value is -3.12. The first-order valence-electron chi connectivity index (χ1n) is 10.7. The lowest BCUT2D eigenvalue weighted by molar-refractivity contribution is -0.0445. The molecule has 1 amide bonds. The van der Waals surface area contributed by atoms with E-state index in [1.807, 2.05) is 18.7 Å². The van der Waals surface area contributed by atoms with Gasteiger partial charge in [0, 0.05) is 23.6 Å². The lowest BCUT2D eigenvalue weighted by Crippen LogP contribution is -2.46. The number of hydrogen-bond acceptors (Lipinski definition) is 9. The van der Waals surface area contributed by atoms with Crippen LogP contribution in [0.4, 0.5) is 20.7 Å². The fourth-order valence-electron chi connectivity index (χ4n) is 4.55. The van der Waals surface area contributed by atoms with Gasteiger partial charge < -0.3 is 28.4 Å². The average molecular weight is 462 g/mol. The summed E-state index contributed by atoms with van der Waals surface area (Å²) in [4.78, 5) is 18.2. The van der Waals surface area contributed by atoms with Crippen LogP contribution >= 0.6 is 0 Å². The van der Waals surface area contributed by atoms with Crippen LogP contribution in [0.1, 0.15) is 25.7 Å². The number of amides is 1. The summed E-state index contributed by atoms with van der Waals surface area (Å²) in [6, 6.07) is 1.69. The summed E-state index contributed by atoms with van der Waals surface area (Å²) in [5, 5.41) is 7.71. The Balaban J connectivity index is 1.58. The van der Waals surface area contributed by atoms with Crippen LogP contribution in [0, 0.1) is 5.82 Å². The maximum atomic E-state index is 15.9. The minimum Gasteiger partial charge on any atom is -0.444 e. The number of benzene rings is 1. The molecular formula is C20H23FN6O6. The molecule has 3 aliphatic heterocycles. The van der Waals surface area contributed by atoms with Crippen LogP contribution in [0.15, 0.2) is 15.7 Å². The molecule has 5 rings (SSSR count). The number of hydrogen-bond donors (Lipinski definition) is 0. The number of nitrogens with zero attached hydrogens (tertiary/aromatic N) is 6. The second-order valence-corrected chi connectivity index (χ2v) is 8.28. The second kappa shape index (κ2) is 8.67. The van der Waals surface area contributed by atoms with Gasteiger partial charge in [-0.05, 0) is 25.4 Å². The van der Waals surface area contributed by atoms with Gasteiger partial charge in [0.05, 0.1) is 49.6 Å². The van der Waals surface area contributed by atoms with Crippen molar-refractivity contribution >= 4 is 28.6 Å². The number of carbonyl (C=O) groups is 1. The summed E-state index contributed by atoms with van der Waals surface area (Å²) in [6.07, 6.45) is -2.28. The Labute approximate surface area is 187 Å². The number of anilines is 2. The molecule has 0 saturated carbocycles. The zero-order valence-corrected chi connectivity index (χ0v) is 18.1. The molecule has 3 aliphatic rings. The number of fused-ring (bicyclic) bond motifs is 1.